The van der Waals surface area contributed by atoms with Crippen LogP contribution in [0.5, 0.6) is 5.75 Å². The highest BCUT2D eigenvalue weighted by molar-refractivity contribution is 5.77. The Morgan fingerprint density at radius 2 is 2.13 bits per heavy atom. The van der Waals surface area contributed by atoms with Crippen LogP contribution in [0.4, 0.5) is 0 Å². The summed E-state index contributed by atoms with van der Waals surface area (Å²) in [5.74, 6) is 0.134. The van der Waals surface area contributed by atoms with E-state index in [0.29, 0.717) is 19.3 Å². The summed E-state index contributed by atoms with van der Waals surface area (Å²) in [6.07, 6.45) is 4.82. The molecule has 0 radical (unpaired) electrons. The van der Waals surface area contributed by atoms with E-state index in [0.717, 1.165) is 37.1 Å². The van der Waals surface area contributed by atoms with Crippen molar-refractivity contribution in [2.45, 2.75) is 51.0 Å². The summed E-state index contributed by atoms with van der Waals surface area (Å²) in [5, 5.41) is 8.86. The van der Waals surface area contributed by atoms with Crippen molar-refractivity contribution in [1.29, 1.82) is 0 Å². The minimum atomic E-state index is -0.792. The van der Waals surface area contributed by atoms with Crippen molar-refractivity contribution >= 4 is 11.9 Å². The third-order valence-corrected chi connectivity index (χ3v) is 4.40. The lowest BCUT2D eigenvalue weighted by molar-refractivity contribution is -0.140. The van der Waals surface area contributed by atoms with Gasteiger partial charge in [-0.2, -0.15) is 0 Å². The van der Waals surface area contributed by atoms with Gasteiger partial charge in [0.05, 0.1) is 7.11 Å². The molecule has 0 saturated carbocycles. The normalized spacial score (nSPS) is 17.8. The Hall–Kier alpha value is -2.04. The molecule has 0 aromatic heterocycles. The largest absolute Gasteiger partial charge is 0.497 e. The fourth-order valence-corrected chi connectivity index (χ4v) is 3.14. The van der Waals surface area contributed by atoms with Crippen LogP contribution in [0.2, 0.25) is 0 Å². The van der Waals surface area contributed by atoms with E-state index in [1.807, 2.05) is 29.2 Å². The molecular formula is C18H25NO4. The van der Waals surface area contributed by atoms with Crippen LogP contribution in [0, 0.1) is 0 Å². The average Bonchev–Trinajstić information content (AvgIpc) is 2.58. The van der Waals surface area contributed by atoms with Gasteiger partial charge >= 0.3 is 5.97 Å². The molecule has 0 spiro atoms. The second kappa shape index (κ2) is 8.56. The Bertz CT molecular complexity index is 544. The monoisotopic (exact) mass is 319 g/mol. The van der Waals surface area contributed by atoms with Gasteiger partial charge in [-0.05, 0) is 49.8 Å². The maximum Gasteiger partial charge on any atom is 0.303 e. The molecular weight excluding hydrogens is 294 g/mol. The number of hydrogen-bond acceptors (Lipinski definition) is 3. The molecule has 1 fully saturated rings. The minimum Gasteiger partial charge on any atom is -0.497 e. The van der Waals surface area contributed by atoms with Crippen molar-refractivity contribution in [3.8, 4) is 5.75 Å². The Morgan fingerprint density at radius 3 is 2.87 bits per heavy atom. The van der Waals surface area contributed by atoms with E-state index in [1.165, 1.54) is 0 Å². The molecule has 0 aliphatic carbocycles. The first-order valence-electron chi connectivity index (χ1n) is 8.24. The number of rotatable bonds is 7. The third kappa shape index (κ3) is 5.27. The number of carboxylic acid groups (broad SMARTS) is 1. The smallest absolute Gasteiger partial charge is 0.303 e. The molecule has 1 aliphatic heterocycles. The zero-order valence-electron chi connectivity index (χ0n) is 13.7. The summed E-state index contributed by atoms with van der Waals surface area (Å²) >= 11 is 0. The summed E-state index contributed by atoms with van der Waals surface area (Å²) in [7, 11) is 1.63. The van der Waals surface area contributed by atoms with Crippen molar-refractivity contribution < 1.29 is 19.4 Å². The Morgan fingerprint density at radius 1 is 1.30 bits per heavy atom. The number of methoxy groups -OCH3 is 1. The molecule has 1 atom stereocenters. The van der Waals surface area contributed by atoms with E-state index in [9.17, 15) is 9.59 Å². The van der Waals surface area contributed by atoms with Crippen LogP contribution in [-0.4, -0.2) is 41.6 Å². The van der Waals surface area contributed by atoms with Gasteiger partial charge in [0, 0.05) is 25.4 Å². The SMILES string of the molecule is COc1cccc(CCC(=O)N2CCCC[C@H]2CCC(=O)O)c1. The van der Waals surface area contributed by atoms with Gasteiger partial charge in [0.1, 0.15) is 5.75 Å². The van der Waals surface area contributed by atoms with Crippen molar-refractivity contribution in [3.63, 3.8) is 0 Å². The van der Waals surface area contributed by atoms with E-state index >= 15 is 0 Å². The number of carbonyl (C=O) groups excluding carboxylic acids is 1. The summed E-state index contributed by atoms with van der Waals surface area (Å²) in [6, 6.07) is 7.84. The molecule has 1 aliphatic rings. The molecule has 23 heavy (non-hydrogen) atoms. The van der Waals surface area contributed by atoms with E-state index in [2.05, 4.69) is 0 Å². The molecule has 5 heteroatoms. The van der Waals surface area contributed by atoms with Gasteiger partial charge < -0.3 is 14.7 Å². The maximum atomic E-state index is 12.5. The molecule has 1 aromatic carbocycles. The van der Waals surface area contributed by atoms with Crippen LogP contribution < -0.4 is 4.74 Å². The van der Waals surface area contributed by atoms with E-state index in [4.69, 9.17) is 9.84 Å². The Labute approximate surface area is 137 Å². The second-order valence-corrected chi connectivity index (χ2v) is 6.02. The molecule has 2 rings (SSSR count). The first-order chi connectivity index (χ1) is 11.1. The number of carboxylic acids is 1. The summed E-state index contributed by atoms with van der Waals surface area (Å²) in [4.78, 5) is 25.2. The van der Waals surface area contributed by atoms with Gasteiger partial charge in [0.25, 0.3) is 0 Å². The van der Waals surface area contributed by atoms with Crippen molar-refractivity contribution in [2.75, 3.05) is 13.7 Å². The predicted molar refractivity (Wildman–Crippen MR) is 87.5 cm³/mol. The van der Waals surface area contributed by atoms with Gasteiger partial charge in [-0.15, -0.1) is 0 Å². The Kier molecular flexibility index (Phi) is 6.44. The Balaban J connectivity index is 1.90. The number of likely N-dealkylation sites (tertiary alicyclic amines) is 1. The zero-order chi connectivity index (χ0) is 16.7. The summed E-state index contributed by atoms with van der Waals surface area (Å²) in [5.41, 5.74) is 1.08. The van der Waals surface area contributed by atoms with Crippen LogP contribution in [0.15, 0.2) is 24.3 Å². The van der Waals surface area contributed by atoms with Gasteiger partial charge in [-0.3, -0.25) is 9.59 Å². The molecule has 126 valence electrons. The average molecular weight is 319 g/mol. The van der Waals surface area contributed by atoms with Crippen LogP contribution in [0.3, 0.4) is 0 Å². The van der Waals surface area contributed by atoms with Crippen LogP contribution in [0.1, 0.15) is 44.1 Å². The number of benzene rings is 1. The van der Waals surface area contributed by atoms with Gasteiger partial charge in [0.15, 0.2) is 0 Å². The number of aryl methyl sites for hydroxylation is 1. The molecule has 0 bridgehead atoms. The molecule has 1 heterocycles. The van der Waals surface area contributed by atoms with Gasteiger partial charge in [-0.1, -0.05) is 12.1 Å². The third-order valence-electron chi connectivity index (χ3n) is 4.40. The first kappa shape index (κ1) is 17.3. The second-order valence-electron chi connectivity index (χ2n) is 6.02. The van der Waals surface area contributed by atoms with Gasteiger partial charge in [0.2, 0.25) is 5.91 Å². The molecule has 1 aromatic rings. The maximum absolute atomic E-state index is 12.5. The fourth-order valence-electron chi connectivity index (χ4n) is 3.14. The quantitative estimate of drug-likeness (QED) is 0.839. The van der Waals surface area contributed by atoms with E-state index in [1.54, 1.807) is 7.11 Å². The number of ether oxygens (including phenoxy) is 1. The standard InChI is InChI=1S/C18H25NO4/c1-23-16-7-4-5-14(13-16)8-10-17(20)19-12-3-2-6-15(19)9-11-18(21)22/h4-5,7,13,15H,2-3,6,8-12H2,1H3,(H,21,22)/t15-/m0/s1. The van der Waals surface area contributed by atoms with Gasteiger partial charge in [-0.25, -0.2) is 0 Å². The number of nitrogens with zero attached hydrogens (tertiary/aromatic N) is 1. The summed E-state index contributed by atoms with van der Waals surface area (Å²) < 4.78 is 5.20. The van der Waals surface area contributed by atoms with Crippen molar-refractivity contribution in [3.05, 3.63) is 29.8 Å². The van der Waals surface area contributed by atoms with E-state index < -0.39 is 5.97 Å². The molecule has 5 nitrogen and oxygen atoms in total. The highest BCUT2D eigenvalue weighted by Gasteiger charge is 2.26. The predicted octanol–water partition coefficient (Wildman–Crippen LogP) is 2.87. The topological polar surface area (TPSA) is 66.8 Å². The zero-order valence-corrected chi connectivity index (χ0v) is 13.7. The van der Waals surface area contributed by atoms with Crippen LogP contribution in [0.25, 0.3) is 0 Å². The number of carbonyl (C=O) groups is 2. The van der Waals surface area contributed by atoms with E-state index in [-0.39, 0.29) is 18.4 Å². The lowest BCUT2D eigenvalue weighted by Gasteiger charge is -2.35. The molecule has 1 N–H and O–H groups in total. The van der Waals surface area contributed by atoms with Crippen LogP contribution >= 0.6 is 0 Å². The van der Waals surface area contributed by atoms with Crippen molar-refractivity contribution in [2.24, 2.45) is 0 Å². The lowest BCUT2D eigenvalue weighted by atomic mass is 9.97. The highest BCUT2D eigenvalue weighted by Crippen LogP contribution is 2.22. The first-order valence-corrected chi connectivity index (χ1v) is 8.24. The minimum absolute atomic E-state index is 0.0812. The molecule has 0 unspecified atom stereocenters. The molecule has 1 amide bonds. The highest BCUT2D eigenvalue weighted by atomic mass is 16.5. The number of aliphatic carboxylic acids is 1. The number of piperidine rings is 1. The number of amides is 1. The molecule has 1 saturated heterocycles. The fraction of sp³-hybridized carbons (Fsp3) is 0.556. The van der Waals surface area contributed by atoms with Crippen molar-refractivity contribution in [1.82, 2.24) is 4.90 Å². The number of hydrogen-bond donors (Lipinski definition) is 1. The van der Waals surface area contributed by atoms with Crippen LogP contribution in [-0.2, 0) is 16.0 Å². The lowest BCUT2D eigenvalue weighted by Crippen LogP contribution is -2.44. The summed E-state index contributed by atoms with van der Waals surface area (Å²) in [6.45, 7) is 0.751.